The van der Waals surface area contributed by atoms with Crippen LogP contribution in [0.5, 0.6) is 0 Å². The Bertz CT molecular complexity index is 902. The minimum atomic E-state index is -3.53. The molecule has 0 unspecified atom stereocenters. The van der Waals surface area contributed by atoms with Gasteiger partial charge < -0.3 is 5.32 Å². The maximum Gasteiger partial charge on any atom is 0.255 e. The lowest BCUT2D eigenvalue weighted by Gasteiger charge is -2.20. The molecule has 0 atom stereocenters. The zero-order chi connectivity index (χ0) is 19.4. The average molecular weight is 427 g/mol. The zero-order valence-electron chi connectivity index (χ0n) is 14.6. The number of hydrogen-bond donors (Lipinski definition) is 1. The van der Waals surface area contributed by atoms with Crippen molar-refractivity contribution in [2.75, 3.05) is 18.4 Å². The van der Waals surface area contributed by atoms with Crippen LogP contribution >= 0.6 is 23.2 Å². The molecular weight excluding hydrogens is 407 g/mol. The van der Waals surface area contributed by atoms with Crippen LogP contribution in [0.3, 0.4) is 0 Å². The van der Waals surface area contributed by atoms with Crippen LogP contribution in [0.15, 0.2) is 47.4 Å². The third-order valence-corrected chi connectivity index (χ3v) is 6.79. The zero-order valence-corrected chi connectivity index (χ0v) is 16.9. The van der Waals surface area contributed by atoms with Crippen LogP contribution in [0.1, 0.15) is 36.0 Å². The minimum absolute atomic E-state index is 0.201. The fraction of sp³-hybridized carbons (Fsp3) is 0.316. The molecule has 144 valence electrons. The number of benzene rings is 2. The standard InChI is InChI=1S/C19H20Cl2N2O3S/c20-15-11-16(21)13-17(12-15)22-19(24)14-5-7-18(8-6-14)27(25,26)23-9-3-1-2-4-10-23/h5-8,11-13H,1-4,9-10H2,(H,22,24). The van der Waals surface area contributed by atoms with Crippen molar-refractivity contribution in [1.82, 2.24) is 4.31 Å². The van der Waals surface area contributed by atoms with Crippen LogP contribution in [0.2, 0.25) is 10.0 Å². The van der Waals surface area contributed by atoms with Gasteiger partial charge in [-0.05, 0) is 55.3 Å². The summed E-state index contributed by atoms with van der Waals surface area (Å²) >= 11 is 11.9. The van der Waals surface area contributed by atoms with E-state index in [0.29, 0.717) is 34.4 Å². The lowest BCUT2D eigenvalue weighted by atomic mass is 10.2. The smallest absolute Gasteiger partial charge is 0.255 e. The van der Waals surface area contributed by atoms with Crippen LogP contribution in [0.4, 0.5) is 5.69 Å². The summed E-state index contributed by atoms with van der Waals surface area (Å²) in [4.78, 5) is 12.6. The van der Waals surface area contributed by atoms with Crippen LogP contribution in [0.25, 0.3) is 0 Å². The first-order valence-electron chi connectivity index (χ1n) is 8.74. The second-order valence-electron chi connectivity index (χ2n) is 6.45. The molecule has 0 radical (unpaired) electrons. The summed E-state index contributed by atoms with van der Waals surface area (Å²) in [5.41, 5.74) is 0.819. The van der Waals surface area contributed by atoms with Gasteiger partial charge in [0.05, 0.1) is 4.90 Å². The number of sulfonamides is 1. The maximum atomic E-state index is 12.8. The Kier molecular flexibility index (Phi) is 6.42. The number of carbonyl (C=O) groups is 1. The molecule has 3 rings (SSSR count). The molecule has 27 heavy (non-hydrogen) atoms. The lowest BCUT2D eigenvalue weighted by molar-refractivity contribution is 0.102. The van der Waals surface area contributed by atoms with E-state index in [4.69, 9.17) is 23.2 Å². The molecule has 0 bridgehead atoms. The molecule has 1 N–H and O–H groups in total. The van der Waals surface area contributed by atoms with Gasteiger partial charge in [0, 0.05) is 34.4 Å². The van der Waals surface area contributed by atoms with E-state index in [2.05, 4.69) is 5.32 Å². The molecule has 1 aliphatic rings. The van der Waals surface area contributed by atoms with Gasteiger partial charge >= 0.3 is 0 Å². The first-order chi connectivity index (χ1) is 12.9. The first kappa shape index (κ1) is 20.1. The summed E-state index contributed by atoms with van der Waals surface area (Å²) in [5.74, 6) is -0.368. The van der Waals surface area contributed by atoms with Gasteiger partial charge in [-0.25, -0.2) is 8.42 Å². The third kappa shape index (κ3) is 5.02. The fourth-order valence-corrected chi connectivity index (χ4v) is 5.08. The summed E-state index contributed by atoms with van der Waals surface area (Å²) in [6, 6.07) is 10.7. The highest BCUT2D eigenvalue weighted by Gasteiger charge is 2.25. The van der Waals surface area contributed by atoms with Crippen LogP contribution in [-0.2, 0) is 10.0 Å². The largest absolute Gasteiger partial charge is 0.322 e. The first-order valence-corrected chi connectivity index (χ1v) is 10.9. The van der Waals surface area contributed by atoms with E-state index in [9.17, 15) is 13.2 Å². The molecule has 2 aromatic carbocycles. The van der Waals surface area contributed by atoms with Gasteiger partial charge in [0.1, 0.15) is 0 Å². The predicted molar refractivity (Wildman–Crippen MR) is 108 cm³/mol. The molecule has 0 aliphatic carbocycles. The van der Waals surface area contributed by atoms with E-state index in [1.807, 2.05) is 0 Å². The van der Waals surface area contributed by atoms with Gasteiger partial charge in [-0.1, -0.05) is 36.0 Å². The van der Waals surface area contributed by atoms with Crippen molar-refractivity contribution in [2.45, 2.75) is 30.6 Å². The van der Waals surface area contributed by atoms with Crippen LogP contribution in [0, 0.1) is 0 Å². The molecular formula is C19H20Cl2N2O3S. The molecule has 2 aromatic rings. The highest BCUT2D eigenvalue weighted by atomic mass is 35.5. The van der Waals surface area contributed by atoms with E-state index in [1.54, 1.807) is 18.2 Å². The number of nitrogens with one attached hydrogen (secondary N) is 1. The number of rotatable bonds is 4. The monoisotopic (exact) mass is 426 g/mol. The predicted octanol–water partition coefficient (Wildman–Crippen LogP) is 4.81. The van der Waals surface area contributed by atoms with Gasteiger partial charge in [-0.2, -0.15) is 4.31 Å². The van der Waals surface area contributed by atoms with E-state index in [-0.39, 0.29) is 10.8 Å². The number of halogens is 2. The van der Waals surface area contributed by atoms with Crippen LogP contribution < -0.4 is 5.32 Å². The third-order valence-electron chi connectivity index (χ3n) is 4.44. The molecule has 0 aromatic heterocycles. The topological polar surface area (TPSA) is 66.5 Å². The Morgan fingerprint density at radius 2 is 1.44 bits per heavy atom. The Balaban J connectivity index is 1.75. The molecule has 8 heteroatoms. The van der Waals surface area contributed by atoms with Crippen LogP contribution in [-0.4, -0.2) is 31.7 Å². The van der Waals surface area contributed by atoms with Crippen molar-refractivity contribution in [2.24, 2.45) is 0 Å². The van der Waals surface area contributed by atoms with Crippen molar-refractivity contribution in [1.29, 1.82) is 0 Å². The maximum absolute atomic E-state index is 12.8. The van der Waals surface area contributed by atoms with Gasteiger partial charge in [-0.15, -0.1) is 0 Å². The van der Waals surface area contributed by atoms with Crippen molar-refractivity contribution in [3.63, 3.8) is 0 Å². The lowest BCUT2D eigenvalue weighted by Crippen LogP contribution is -2.31. The van der Waals surface area contributed by atoms with Crippen molar-refractivity contribution >= 4 is 44.8 Å². The summed E-state index contributed by atoms with van der Waals surface area (Å²) in [6.45, 7) is 1.08. The number of carbonyl (C=O) groups excluding carboxylic acids is 1. The molecule has 1 heterocycles. The Morgan fingerprint density at radius 1 is 0.889 bits per heavy atom. The summed E-state index contributed by atoms with van der Waals surface area (Å²) in [6.07, 6.45) is 3.86. The number of nitrogens with zero attached hydrogens (tertiary/aromatic N) is 1. The Morgan fingerprint density at radius 3 is 2.00 bits per heavy atom. The molecule has 1 saturated heterocycles. The Hall–Kier alpha value is -1.60. The molecule has 1 fully saturated rings. The van der Waals surface area contributed by atoms with Gasteiger partial charge in [0.25, 0.3) is 5.91 Å². The quantitative estimate of drug-likeness (QED) is 0.762. The van der Waals surface area contributed by atoms with Crippen molar-refractivity contribution in [3.8, 4) is 0 Å². The normalized spacial score (nSPS) is 15.9. The Labute approximate surface area is 169 Å². The highest BCUT2D eigenvalue weighted by molar-refractivity contribution is 7.89. The van der Waals surface area contributed by atoms with E-state index < -0.39 is 10.0 Å². The minimum Gasteiger partial charge on any atom is -0.322 e. The van der Waals surface area contributed by atoms with Crippen molar-refractivity contribution < 1.29 is 13.2 Å². The van der Waals surface area contributed by atoms with E-state index in [0.717, 1.165) is 25.7 Å². The molecule has 5 nitrogen and oxygen atoms in total. The highest BCUT2D eigenvalue weighted by Crippen LogP contribution is 2.24. The van der Waals surface area contributed by atoms with E-state index in [1.165, 1.54) is 28.6 Å². The average Bonchev–Trinajstić information content (AvgIpc) is 2.91. The fourth-order valence-electron chi connectivity index (χ4n) is 3.04. The second-order valence-corrected chi connectivity index (χ2v) is 9.27. The van der Waals surface area contributed by atoms with E-state index >= 15 is 0 Å². The molecule has 0 saturated carbocycles. The summed E-state index contributed by atoms with van der Waals surface area (Å²) in [7, 11) is -3.53. The number of amides is 1. The van der Waals surface area contributed by atoms with Gasteiger partial charge in [0.2, 0.25) is 10.0 Å². The molecule has 1 amide bonds. The summed E-state index contributed by atoms with van der Waals surface area (Å²) in [5, 5.41) is 3.53. The second kappa shape index (κ2) is 8.61. The van der Waals surface area contributed by atoms with Gasteiger partial charge in [-0.3, -0.25) is 4.79 Å². The van der Waals surface area contributed by atoms with Gasteiger partial charge in [0.15, 0.2) is 0 Å². The number of anilines is 1. The van der Waals surface area contributed by atoms with Crippen molar-refractivity contribution in [3.05, 3.63) is 58.1 Å². The summed E-state index contributed by atoms with van der Waals surface area (Å²) < 4.78 is 27.1. The molecule has 1 aliphatic heterocycles. The number of hydrogen-bond acceptors (Lipinski definition) is 3. The SMILES string of the molecule is O=C(Nc1cc(Cl)cc(Cl)c1)c1ccc(S(=O)(=O)N2CCCCCC2)cc1. The molecule has 0 spiro atoms.